The third-order valence-corrected chi connectivity index (χ3v) is 5.37. The molecule has 0 aliphatic carbocycles. The van der Waals surface area contributed by atoms with Gasteiger partial charge in [-0.2, -0.15) is 0 Å². The van der Waals surface area contributed by atoms with Crippen LogP contribution in [0.3, 0.4) is 0 Å². The molecule has 1 fully saturated rings. The molecule has 0 radical (unpaired) electrons. The van der Waals surface area contributed by atoms with Crippen LogP contribution >= 0.6 is 23.7 Å². The SMILES string of the molecule is CCC1(C(=O)N2CCc3sccc3C2)CCCN1.Cl. The van der Waals surface area contributed by atoms with E-state index in [1.807, 2.05) is 11.3 Å². The first kappa shape index (κ1) is 14.8. The monoisotopic (exact) mass is 300 g/mol. The Morgan fingerprint density at radius 2 is 2.42 bits per heavy atom. The van der Waals surface area contributed by atoms with Gasteiger partial charge in [-0.25, -0.2) is 0 Å². The van der Waals surface area contributed by atoms with Crippen molar-refractivity contribution in [2.24, 2.45) is 0 Å². The van der Waals surface area contributed by atoms with Crippen LogP contribution in [0.5, 0.6) is 0 Å². The predicted molar refractivity (Wildman–Crippen MR) is 80.9 cm³/mol. The third kappa shape index (κ3) is 2.54. The summed E-state index contributed by atoms with van der Waals surface area (Å²) in [6.45, 7) is 4.80. The van der Waals surface area contributed by atoms with Gasteiger partial charge < -0.3 is 10.2 Å². The molecule has 1 unspecified atom stereocenters. The topological polar surface area (TPSA) is 32.3 Å². The van der Waals surface area contributed by atoms with E-state index in [0.717, 1.165) is 45.3 Å². The zero-order valence-electron chi connectivity index (χ0n) is 11.3. The number of amides is 1. The van der Waals surface area contributed by atoms with Gasteiger partial charge in [-0.3, -0.25) is 4.79 Å². The van der Waals surface area contributed by atoms with E-state index in [-0.39, 0.29) is 17.9 Å². The van der Waals surface area contributed by atoms with Gasteiger partial charge in [0.05, 0.1) is 5.54 Å². The normalized spacial score (nSPS) is 25.8. The van der Waals surface area contributed by atoms with E-state index in [4.69, 9.17) is 0 Å². The lowest BCUT2D eigenvalue weighted by atomic mass is 9.91. The fourth-order valence-corrected chi connectivity index (χ4v) is 4.06. The first-order valence-electron chi connectivity index (χ1n) is 6.85. The van der Waals surface area contributed by atoms with Crippen LogP contribution < -0.4 is 5.32 Å². The molecule has 5 heteroatoms. The zero-order chi connectivity index (χ0) is 12.6. The molecule has 3 nitrogen and oxygen atoms in total. The molecule has 1 saturated heterocycles. The van der Waals surface area contributed by atoms with Crippen LogP contribution in [-0.4, -0.2) is 29.4 Å². The van der Waals surface area contributed by atoms with Crippen molar-refractivity contribution in [1.29, 1.82) is 0 Å². The summed E-state index contributed by atoms with van der Waals surface area (Å²) in [7, 11) is 0. The summed E-state index contributed by atoms with van der Waals surface area (Å²) in [5.74, 6) is 0.319. The predicted octanol–water partition coefficient (Wildman–Crippen LogP) is 2.59. The second-order valence-electron chi connectivity index (χ2n) is 5.31. The summed E-state index contributed by atoms with van der Waals surface area (Å²) in [4.78, 5) is 16.3. The van der Waals surface area contributed by atoms with E-state index in [0.29, 0.717) is 5.91 Å². The largest absolute Gasteiger partial charge is 0.336 e. The minimum atomic E-state index is -0.270. The molecule has 0 saturated carbocycles. The van der Waals surface area contributed by atoms with E-state index >= 15 is 0 Å². The summed E-state index contributed by atoms with van der Waals surface area (Å²) in [6.07, 6.45) is 4.05. The Morgan fingerprint density at radius 1 is 1.58 bits per heavy atom. The van der Waals surface area contributed by atoms with Gasteiger partial charge in [0.15, 0.2) is 0 Å². The highest BCUT2D eigenvalue weighted by Crippen LogP contribution is 2.30. The van der Waals surface area contributed by atoms with Crippen LogP contribution in [0.1, 0.15) is 36.6 Å². The first-order chi connectivity index (χ1) is 8.75. The van der Waals surface area contributed by atoms with Crippen molar-refractivity contribution in [3.63, 3.8) is 0 Å². The van der Waals surface area contributed by atoms with Crippen molar-refractivity contribution >= 4 is 29.7 Å². The van der Waals surface area contributed by atoms with Crippen molar-refractivity contribution in [1.82, 2.24) is 10.2 Å². The molecule has 3 rings (SSSR count). The van der Waals surface area contributed by atoms with Crippen LogP contribution in [0.2, 0.25) is 0 Å². The van der Waals surface area contributed by atoms with E-state index < -0.39 is 0 Å². The van der Waals surface area contributed by atoms with E-state index in [1.165, 1.54) is 10.4 Å². The molecule has 2 aliphatic heterocycles. The molecular weight excluding hydrogens is 280 g/mol. The molecule has 1 aromatic heterocycles. The first-order valence-corrected chi connectivity index (χ1v) is 7.73. The number of carbonyl (C=O) groups excluding carboxylic acids is 1. The number of thiophene rings is 1. The molecule has 2 aliphatic rings. The molecule has 1 amide bonds. The number of carbonyl (C=O) groups is 1. The quantitative estimate of drug-likeness (QED) is 0.910. The maximum Gasteiger partial charge on any atom is 0.243 e. The van der Waals surface area contributed by atoms with Gasteiger partial charge in [-0.05, 0) is 49.2 Å². The second-order valence-corrected chi connectivity index (χ2v) is 6.31. The summed E-state index contributed by atoms with van der Waals surface area (Å²) in [5.41, 5.74) is 1.08. The minimum Gasteiger partial charge on any atom is -0.336 e. The molecule has 1 N–H and O–H groups in total. The van der Waals surface area contributed by atoms with Crippen LogP contribution in [-0.2, 0) is 17.8 Å². The van der Waals surface area contributed by atoms with E-state index in [2.05, 4.69) is 28.6 Å². The lowest BCUT2D eigenvalue weighted by molar-refractivity contribution is -0.139. The van der Waals surface area contributed by atoms with Crippen LogP contribution in [0.4, 0.5) is 0 Å². The third-order valence-electron chi connectivity index (χ3n) is 4.35. The van der Waals surface area contributed by atoms with Gasteiger partial charge in [0, 0.05) is 18.0 Å². The van der Waals surface area contributed by atoms with Gasteiger partial charge in [-0.15, -0.1) is 23.7 Å². The van der Waals surface area contributed by atoms with Gasteiger partial charge in [0.1, 0.15) is 0 Å². The Kier molecular flexibility index (Phi) is 4.54. The van der Waals surface area contributed by atoms with Crippen molar-refractivity contribution in [2.75, 3.05) is 13.1 Å². The smallest absolute Gasteiger partial charge is 0.243 e. The average molecular weight is 301 g/mol. The Labute approximate surface area is 124 Å². The molecule has 19 heavy (non-hydrogen) atoms. The highest BCUT2D eigenvalue weighted by molar-refractivity contribution is 7.10. The average Bonchev–Trinajstić information content (AvgIpc) is 3.06. The summed E-state index contributed by atoms with van der Waals surface area (Å²) < 4.78 is 0. The number of halogens is 1. The molecule has 1 aromatic rings. The Balaban J connectivity index is 0.00000133. The maximum atomic E-state index is 12.8. The van der Waals surface area contributed by atoms with Crippen molar-refractivity contribution in [3.8, 4) is 0 Å². The number of rotatable bonds is 2. The number of hydrogen-bond acceptors (Lipinski definition) is 3. The van der Waals surface area contributed by atoms with E-state index in [1.54, 1.807) is 0 Å². The van der Waals surface area contributed by atoms with Gasteiger partial charge in [-0.1, -0.05) is 6.92 Å². The molecule has 106 valence electrons. The van der Waals surface area contributed by atoms with E-state index in [9.17, 15) is 4.79 Å². The lowest BCUT2D eigenvalue weighted by Gasteiger charge is -2.36. The van der Waals surface area contributed by atoms with Crippen molar-refractivity contribution in [2.45, 2.75) is 44.7 Å². The molecule has 0 spiro atoms. The molecule has 3 heterocycles. The molecule has 0 bridgehead atoms. The van der Waals surface area contributed by atoms with Crippen molar-refractivity contribution < 1.29 is 4.79 Å². The highest BCUT2D eigenvalue weighted by atomic mass is 35.5. The Hall–Kier alpha value is -0.580. The standard InChI is InChI=1S/C14H20N2OS.ClH/c1-2-14(6-3-7-15-14)13(17)16-8-4-12-11(10-16)5-9-18-12;/h5,9,15H,2-4,6-8,10H2,1H3;1H. The van der Waals surface area contributed by atoms with Gasteiger partial charge in [0.25, 0.3) is 0 Å². The summed E-state index contributed by atoms with van der Waals surface area (Å²) in [6, 6.07) is 2.17. The second kappa shape index (κ2) is 5.81. The lowest BCUT2D eigenvalue weighted by Crippen LogP contribution is -2.55. The van der Waals surface area contributed by atoms with Crippen LogP contribution in [0, 0.1) is 0 Å². The minimum absolute atomic E-state index is 0. The fourth-order valence-electron chi connectivity index (χ4n) is 3.17. The van der Waals surface area contributed by atoms with Gasteiger partial charge >= 0.3 is 0 Å². The van der Waals surface area contributed by atoms with Crippen LogP contribution in [0.15, 0.2) is 11.4 Å². The number of fused-ring (bicyclic) bond motifs is 1. The fraction of sp³-hybridized carbons (Fsp3) is 0.643. The van der Waals surface area contributed by atoms with Crippen LogP contribution in [0.25, 0.3) is 0 Å². The highest BCUT2D eigenvalue weighted by Gasteiger charge is 2.42. The Bertz CT molecular complexity index is 454. The number of nitrogens with zero attached hydrogens (tertiary/aromatic N) is 1. The number of hydrogen-bond donors (Lipinski definition) is 1. The van der Waals surface area contributed by atoms with Crippen molar-refractivity contribution in [3.05, 3.63) is 21.9 Å². The molecular formula is C14H21ClN2OS. The molecule has 0 aromatic carbocycles. The Morgan fingerprint density at radius 3 is 3.11 bits per heavy atom. The molecule has 1 atom stereocenters. The summed E-state index contributed by atoms with van der Waals surface area (Å²) >= 11 is 1.82. The zero-order valence-corrected chi connectivity index (χ0v) is 12.9. The maximum absolute atomic E-state index is 12.8. The summed E-state index contributed by atoms with van der Waals surface area (Å²) in [5, 5.41) is 5.59. The number of nitrogens with one attached hydrogen (secondary N) is 1. The van der Waals surface area contributed by atoms with Gasteiger partial charge in [0.2, 0.25) is 5.91 Å².